The molecule has 3 atom stereocenters. The van der Waals surface area contributed by atoms with Gasteiger partial charge in [-0.3, -0.25) is 14.6 Å². The van der Waals surface area contributed by atoms with Crippen molar-refractivity contribution in [1.82, 2.24) is 15.3 Å². The first-order valence-electron chi connectivity index (χ1n) is 11.7. The summed E-state index contributed by atoms with van der Waals surface area (Å²) in [6, 6.07) is 14.5. The van der Waals surface area contributed by atoms with Gasteiger partial charge in [0.2, 0.25) is 5.91 Å². The van der Waals surface area contributed by atoms with Crippen LogP contribution in [0.25, 0.3) is 11.1 Å². The average Bonchev–Trinajstić information content (AvgIpc) is 2.88. The molecule has 4 rings (SSSR count). The van der Waals surface area contributed by atoms with Gasteiger partial charge in [0.05, 0.1) is 18.2 Å². The van der Waals surface area contributed by atoms with Gasteiger partial charge in [0, 0.05) is 42.7 Å². The highest BCUT2D eigenvalue weighted by Crippen LogP contribution is 2.41. The van der Waals surface area contributed by atoms with Gasteiger partial charge < -0.3 is 20.6 Å². The molecule has 3 heterocycles. The zero-order chi connectivity index (χ0) is 25.8. The van der Waals surface area contributed by atoms with Crippen LogP contribution in [0.5, 0.6) is 0 Å². The van der Waals surface area contributed by atoms with Gasteiger partial charge in [-0.1, -0.05) is 12.1 Å². The lowest BCUT2D eigenvalue weighted by atomic mass is 9.89. The lowest BCUT2D eigenvalue weighted by Gasteiger charge is -2.39. The van der Waals surface area contributed by atoms with Crippen molar-refractivity contribution in [2.24, 2.45) is 0 Å². The zero-order valence-electron chi connectivity index (χ0n) is 20.4. The van der Waals surface area contributed by atoms with Crippen molar-refractivity contribution < 1.29 is 14.7 Å². The van der Waals surface area contributed by atoms with Crippen molar-refractivity contribution in [1.29, 1.82) is 5.26 Å². The molecule has 9 nitrogen and oxygen atoms in total. The minimum absolute atomic E-state index is 0.0162. The molecule has 1 aliphatic rings. The summed E-state index contributed by atoms with van der Waals surface area (Å²) in [7, 11) is 0. The minimum Gasteiger partial charge on any atom is -0.394 e. The van der Waals surface area contributed by atoms with Crippen LogP contribution in [-0.4, -0.2) is 45.6 Å². The third-order valence-electron chi connectivity index (χ3n) is 6.21. The van der Waals surface area contributed by atoms with Crippen LogP contribution in [0.15, 0.2) is 54.9 Å². The molecule has 0 fully saturated rings. The van der Waals surface area contributed by atoms with Crippen molar-refractivity contribution in [3.05, 3.63) is 71.7 Å². The Hall–Kier alpha value is -4.29. The number of aliphatic hydroxyl groups excluding tert-OH is 1. The normalized spacial score (nSPS) is 17.5. The summed E-state index contributed by atoms with van der Waals surface area (Å²) in [6.45, 7) is 5.14. The topological polar surface area (TPSA) is 131 Å². The van der Waals surface area contributed by atoms with Crippen LogP contribution in [0, 0.1) is 11.3 Å². The number of hydrogen-bond acceptors (Lipinski definition) is 7. The minimum atomic E-state index is -0.360. The van der Waals surface area contributed by atoms with Gasteiger partial charge in [0.1, 0.15) is 17.6 Å². The van der Waals surface area contributed by atoms with E-state index >= 15 is 0 Å². The van der Waals surface area contributed by atoms with Gasteiger partial charge in [-0.15, -0.1) is 0 Å². The van der Waals surface area contributed by atoms with Crippen LogP contribution in [0.4, 0.5) is 11.5 Å². The number of aromatic nitrogens is 2. The number of rotatable bonds is 6. The molecule has 0 bridgehead atoms. The number of hydrogen-bond donors (Lipinski definition) is 3. The van der Waals surface area contributed by atoms with E-state index in [1.54, 1.807) is 43.1 Å². The summed E-state index contributed by atoms with van der Waals surface area (Å²) < 4.78 is 0. The highest BCUT2D eigenvalue weighted by atomic mass is 16.3. The monoisotopic (exact) mass is 484 g/mol. The maximum Gasteiger partial charge on any atom is 0.270 e. The highest BCUT2D eigenvalue weighted by Gasteiger charge is 2.33. The second-order valence-corrected chi connectivity index (χ2v) is 8.98. The first kappa shape index (κ1) is 24.8. The molecule has 1 aromatic carbocycles. The summed E-state index contributed by atoms with van der Waals surface area (Å²) >= 11 is 0. The van der Waals surface area contributed by atoms with Gasteiger partial charge in [-0.2, -0.15) is 5.26 Å². The van der Waals surface area contributed by atoms with Crippen LogP contribution in [-0.2, 0) is 4.79 Å². The molecule has 0 saturated carbocycles. The third-order valence-corrected chi connectivity index (χ3v) is 6.21. The quantitative estimate of drug-likeness (QED) is 0.488. The fourth-order valence-corrected chi connectivity index (χ4v) is 4.43. The summed E-state index contributed by atoms with van der Waals surface area (Å²) in [5.41, 5.74) is 4.25. The molecule has 2 aromatic heterocycles. The Morgan fingerprint density at radius 3 is 2.56 bits per heavy atom. The van der Waals surface area contributed by atoms with Gasteiger partial charge >= 0.3 is 0 Å². The molecule has 0 radical (unpaired) electrons. The zero-order valence-corrected chi connectivity index (χ0v) is 20.4. The number of aliphatic hydroxyl groups is 1. The molecule has 0 spiro atoms. The molecular formula is C27H28N6O3. The number of nitriles is 1. The lowest BCUT2D eigenvalue weighted by molar-refractivity contribution is -0.117. The van der Waals surface area contributed by atoms with Crippen molar-refractivity contribution in [2.75, 3.05) is 16.8 Å². The van der Waals surface area contributed by atoms with E-state index < -0.39 is 0 Å². The Morgan fingerprint density at radius 1 is 1.17 bits per heavy atom. The number of fused-ring (bicyclic) bond motifs is 1. The molecule has 1 aliphatic heterocycles. The predicted octanol–water partition coefficient (Wildman–Crippen LogP) is 3.42. The molecule has 0 aliphatic carbocycles. The number of pyridine rings is 2. The van der Waals surface area contributed by atoms with Gasteiger partial charge in [0.15, 0.2) is 0 Å². The van der Waals surface area contributed by atoms with Crippen LogP contribution in [0.3, 0.4) is 0 Å². The first-order chi connectivity index (χ1) is 17.3. The van der Waals surface area contributed by atoms with Crippen molar-refractivity contribution >= 4 is 23.3 Å². The van der Waals surface area contributed by atoms with E-state index in [-0.39, 0.29) is 42.2 Å². The Bertz CT molecular complexity index is 1300. The smallest absolute Gasteiger partial charge is 0.270 e. The van der Waals surface area contributed by atoms with E-state index in [1.165, 1.54) is 6.20 Å². The fraction of sp³-hybridized carbons (Fsp3) is 0.296. The van der Waals surface area contributed by atoms with E-state index in [1.807, 2.05) is 31.2 Å². The van der Waals surface area contributed by atoms with Crippen molar-refractivity contribution in [2.45, 2.75) is 45.3 Å². The maximum atomic E-state index is 12.5. The van der Waals surface area contributed by atoms with Crippen molar-refractivity contribution in [3.8, 4) is 17.2 Å². The predicted molar refractivity (Wildman–Crippen MR) is 136 cm³/mol. The number of nitrogens with zero attached hydrogens (tertiary/aromatic N) is 4. The molecule has 9 heteroatoms. The largest absolute Gasteiger partial charge is 0.394 e. The molecule has 36 heavy (non-hydrogen) atoms. The number of carbonyl (C=O) groups excluding carboxylic acids is 2. The van der Waals surface area contributed by atoms with E-state index in [9.17, 15) is 9.59 Å². The number of amides is 2. The molecule has 3 aromatic rings. The van der Waals surface area contributed by atoms with E-state index in [0.29, 0.717) is 17.8 Å². The fourth-order valence-electron chi connectivity index (χ4n) is 4.43. The standard InChI is InChI=1S/C27H28N6O3/c1-16(15-34)31-27(36)23-7-5-21(14-29-23)20-6-8-25-22(11-20)24(10-17(2)33(25)18(3)35)32-26-9-4-19(12-28)13-30-26/h4-9,11,13-14,16-17,24,34H,10,15H2,1-3H3,(H,30,32)(H,31,36)/t16?,17-,24+/m0/s1. The maximum absolute atomic E-state index is 12.5. The van der Waals surface area contributed by atoms with Crippen LogP contribution >= 0.6 is 0 Å². The van der Waals surface area contributed by atoms with Crippen molar-refractivity contribution in [3.63, 3.8) is 0 Å². The summed E-state index contributed by atoms with van der Waals surface area (Å²) in [5.74, 6) is 0.271. The summed E-state index contributed by atoms with van der Waals surface area (Å²) in [6.07, 6.45) is 3.84. The van der Waals surface area contributed by atoms with Crippen LogP contribution in [0.2, 0.25) is 0 Å². The van der Waals surface area contributed by atoms with Gasteiger partial charge in [-0.05, 0) is 61.7 Å². The SMILES string of the molecule is CC(=O)N1c2ccc(-c3ccc(C(=O)NC(C)CO)nc3)cc2[C@H](Nc2ccc(C#N)cn2)C[C@@H]1C. The number of anilines is 2. The Kier molecular flexibility index (Phi) is 7.27. The Morgan fingerprint density at radius 2 is 1.94 bits per heavy atom. The van der Waals surface area contributed by atoms with Gasteiger partial charge in [0.25, 0.3) is 5.91 Å². The first-order valence-corrected chi connectivity index (χ1v) is 11.7. The molecule has 0 saturated heterocycles. The average molecular weight is 485 g/mol. The Labute approximate surface area is 209 Å². The van der Waals surface area contributed by atoms with E-state index in [4.69, 9.17) is 10.4 Å². The molecule has 184 valence electrons. The second-order valence-electron chi connectivity index (χ2n) is 8.98. The molecule has 1 unspecified atom stereocenters. The van der Waals surface area contributed by atoms with E-state index in [2.05, 4.69) is 26.7 Å². The third kappa shape index (κ3) is 5.19. The van der Waals surface area contributed by atoms with Gasteiger partial charge in [-0.25, -0.2) is 4.98 Å². The van der Waals surface area contributed by atoms with Crippen LogP contribution in [0.1, 0.15) is 54.8 Å². The Balaban J connectivity index is 1.66. The summed E-state index contributed by atoms with van der Waals surface area (Å²) in [5, 5.41) is 24.3. The highest BCUT2D eigenvalue weighted by molar-refractivity contribution is 5.95. The second kappa shape index (κ2) is 10.5. The molecular weight excluding hydrogens is 456 g/mol. The number of nitrogens with one attached hydrogen (secondary N) is 2. The lowest BCUT2D eigenvalue weighted by Crippen LogP contribution is -2.43. The number of carbonyl (C=O) groups is 2. The van der Waals surface area contributed by atoms with E-state index in [0.717, 1.165) is 22.4 Å². The molecule has 2 amide bonds. The summed E-state index contributed by atoms with van der Waals surface area (Å²) in [4.78, 5) is 35.2. The number of benzene rings is 1. The molecule has 3 N–H and O–H groups in total. The van der Waals surface area contributed by atoms with Crippen LogP contribution < -0.4 is 15.5 Å².